The highest BCUT2D eigenvalue weighted by Gasteiger charge is 2.19. The second kappa shape index (κ2) is 7.22. The molecule has 1 aliphatic heterocycles. The molecule has 0 radical (unpaired) electrons. The zero-order valence-electron chi connectivity index (χ0n) is 11.5. The van der Waals surface area contributed by atoms with Crippen molar-refractivity contribution >= 4 is 11.6 Å². The molecule has 1 saturated heterocycles. The Morgan fingerprint density at radius 3 is 2.74 bits per heavy atom. The quantitative estimate of drug-likeness (QED) is 0.892. The molecule has 106 valence electrons. The van der Waals surface area contributed by atoms with Crippen molar-refractivity contribution in [2.24, 2.45) is 5.92 Å². The number of piperidine rings is 1. The molecule has 0 bridgehead atoms. The fraction of sp³-hybridized carbons (Fsp3) is 0.600. The van der Waals surface area contributed by atoms with Gasteiger partial charge in [0.15, 0.2) is 0 Å². The molecule has 2 nitrogen and oxygen atoms in total. The van der Waals surface area contributed by atoms with E-state index in [0.717, 1.165) is 31.1 Å². The van der Waals surface area contributed by atoms with E-state index < -0.39 is 0 Å². The van der Waals surface area contributed by atoms with Crippen LogP contribution in [0, 0.1) is 11.7 Å². The van der Waals surface area contributed by atoms with Gasteiger partial charge in [-0.1, -0.05) is 17.7 Å². The van der Waals surface area contributed by atoms with Crippen molar-refractivity contribution in [2.75, 3.05) is 26.7 Å². The minimum Gasteiger partial charge on any atom is -0.320 e. The van der Waals surface area contributed by atoms with Gasteiger partial charge in [-0.25, -0.2) is 4.39 Å². The number of rotatable bonds is 5. The largest absolute Gasteiger partial charge is 0.320 e. The maximum atomic E-state index is 13.7. The van der Waals surface area contributed by atoms with Gasteiger partial charge in [0.25, 0.3) is 0 Å². The number of benzene rings is 1. The Kier molecular flexibility index (Phi) is 5.61. The van der Waals surface area contributed by atoms with Gasteiger partial charge >= 0.3 is 0 Å². The lowest BCUT2D eigenvalue weighted by Gasteiger charge is -2.32. The molecule has 0 atom stereocenters. The molecule has 1 fully saturated rings. The van der Waals surface area contributed by atoms with Crippen LogP contribution >= 0.6 is 11.6 Å². The van der Waals surface area contributed by atoms with Crippen LogP contribution in [0.4, 0.5) is 4.39 Å². The van der Waals surface area contributed by atoms with E-state index in [1.165, 1.54) is 25.3 Å². The fourth-order valence-corrected chi connectivity index (χ4v) is 2.83. The molecule has 0 amide bonds. The van der Waals surface area contributed by atoms with Crippen LogP contribution < -0.4 is 5.32 Å². The molecule has 0 aromatic heterocycles. The summed E-state index contributed by atoms with van der Waals surface area (Å²) >= 11 is 5.77. The van der Waals surface area contributed by atoms with Crippen LogP contribution in [0.1, 0.15) is 24.8 Å². The van der Waals surface area contributed by atoms with Gasteiger partial charge in [-0.05, 0) is 64.0 Å². The number of likely N-dealkylation sites (tertiary alicyclic amines) is 1. The summed E-state index contributed by atoms with van der Waals surface area (Å²) in [4.78, 5) is 2.34. The second-order valence-electron chi connectivity index (χ2n) is 5.35. The van der Waals surface area contributed by atoms with Gasteiger partial charge < -0.3 is 5.32 Å². The molecule has 4 heteroatoms. The van der Waals surface area contributed by atoms with Gasteiger partial charge in [-0.15, -0.1) is 0 Å². The Hall–Kier alpha value is -0.640. The Balaban J connectivity index is 1.82. The first-order chi connectivity index (χ1) is 9.19. The van der Waals surface area contributed by atoms with Gasteiger partial charge in [-0.3, -0.25) is 4.90 Å². The van der Waals surface area contributed by atoms with E-state index in [1.807, 2.05) is 7.05 Å². The van der Waals surface area contributed by atoms with E-state index in [4.69, 9.17) is 11.6 Å². The van der Waals surface area contributed by atoms with Crippen LogP contribution in [0.2, 0.25) is 5.02 Å². The number of hydrogen-bond donors (Lipinski definition) is 1. The van der Waals surface area contributed by atoms with Gasteiger partial charge in [0.2, 0.25) is 0 Å². The predicted octanol–water partition coefficient (Wildman–Crippen LogP) is 3.30. The highest BCUT2D eigenvalue weighted by Crippen LogP contribution is 2.23. The normalized spacial score (nSPS) is 17.8. The number of nitrogens with one attached hydrogen (secondary N) is 1. The first-order valence-corrected chi connectivity index (χ1v) is 7.37. The highest BCUT2D eigenvalue weighted by atomic mass is 35.5. The number of halogens is 2. The first-order valence-electron chi connectivity index (χ1n) is 7.00. The third kappa shape index (κ3) is 4.44. The molecule has 1 aliphatic rings. The Labute approximate surface area is 119 Å². The smallest absolute Gasteiger partial charge is 0.129 e. The summed E-state index contributed by atoms with van der Waals surface area (Å²) in [6.07, 6.45) is 3.69. The molecule has 1 aromatic rings. The summed E-state index contributed by atoms with van der Waals surface area (Å²) in [6, 6.07) is 4.96. The molecule has 19 heavy (non-hydrogen) atoms. The molecular formula is C15H22ClFN2. The summed E-state index contributed by atoms with van der Waals surface area (Å²) in [6.45, 7) is 3.92. The molecule has 0 unspecified atom stereocenters. The SMILES string of the molecule is CNCCC1CCN(Cc2ccc(Cl)cc2F)CC1. The van der Waals surface area contributed by atoms with Crippen LogP contribution in [-0.4, -0.2) is 31.6 Å². The average molecular weight is 285 g/mol. The van der Waals surface area contributed by atoms with Crippen molar-refractivity contribution < 1.29 is 4.39 Å². The van der Waals surface area contributed by atoms with E-state index in [2.05, 4.69) is 10.2 Å². The third-order valence-corrected chi connectivity index (χ3v) is 4.15. The summed E-state index contributed by atoms with van der Waals surface area (Å²) in [5.41, 5.74) is 0.748. The molecule has 0 spiro atoms. The average Bonchev–Trinajstić information content (AvgIpc) is 2.41. The van der Waals surface area contributed by atoms with Crippen LogP contribution in [0.15, 0.2) is 18.2 Å². The highest BCUT2D eigenvalue weighted by molar-refractivity contribution is 6.30. The van der Waals surface area contributed by atoms with Crippen molar-refractivity contribution in [1.82, 2.24) is 10.2 Å². The lowest BCUT2D eigenvalue weighted by Crippen LogP contribution is -2.34. The van der Waals surface area contributed by atoms with Crippen LogP contribution in [-0.2, 0) is 6.54 Å². The molecule has 0 saturated carbocycles. The maximum Gasteiger partial charge on any atom is 0.129 e. The van der Waals surface area contributed by atoms with Crippen molar-refractivity contribution in [1.29, 1.82) is 0 Å². The zero-order valence-corrected chi connectivity index (χ0v) is 12.2. The second-order valence-corrected chi connectivity index (χ2v) is 5.78. The van der Waals surface area contributed by atoms with E-state index in [1.54, 1.807) is 12.1 Å². The molecule has 1 N–H and O–H groups in total. The molecule has 1 aromatic carbocycles. The summed E-state index contributed by atoms with van der Waals surface area (Å²) in [5.74, 6) is 0.628. The van der Waals surface area contributed by atoms with Crippen LogP contribution in [0.25, 0.3) is 0 Å². The standard InChI is InChI=1S/C15H22ClFN2/c1-18-7-4-12-5-8-19(9-6-12)11-13-2-3-14(16)10-15(13)17/h2-3,10,12,18H,4-9,11H2,1H3. The number of hydrogen-bond acceptors (Lipinski definition) is 2. The van der Waals surface area contributed by atoms with Gasteiger partial charge in [0.1, 0.15) is 5.82 Å². The number of nitrogens with zero attached hydrogens (tertiary/aromatic N) is 1. The Morgan fingerprint density at radius 2 is 2.11 bits per heavy atom. The van der Waals surface area contributed by atoms with E-state index in [0.29, 0.717) is 11.6 Å². The van der Waals surface area contributed by atoms with Gasteiger partial charge in [-0.2, -0.15) is 0 Å². The zero-order chi connectivity index (χ0) is 13.7. The van der Waals surface area contributed by atoms with Crippen LogP contribution in [0.3, 0.4) is 0 Å². The van der Waals surface area contributed by atoms with E-state index in [9.17, 15) is 4.39 Å². The molecule has 0 aliphatic carbocycles. The first kappa shape index (κ1) is 14.8. The molecule has 1 heterocycles. The monoisotopic (exact) mass is 284 g/mol. The predicted molar refractivity (Wildman–Crippen MR) is 78.0 cm³/mol. The summed E-state index contributed by atoms with van der Waals surface area (Å²) < 4.78 is 13.7. The van der Waals surface area contributed by atoms with Crippen molar-refractivity contribution in [3.8, 4) is 0 Å². The van der Waals surface area contributed by atoms with E-state index >= 15 is 0 Å². The lowest BCUT2D eigenvalue weighted by molar-refractivity contribution is 0.171. The van der Waals surface area contributed by atoms with Crippen molar-refractivity contribution in [2.45, 2.75) is 25.8 Å². The minimum absolute atomic E-state index is 0.190. The summed E-state index contributed by atoms with van der Waals surface area (Å²) in [7, 11) is 2.00. The lowest BCUT2D eigenvalue weighted by atomic mass is 9.93. The molecule has 2 rings (SSSR count). The Morgan fingerprint density at radius 1 is 1.37 bits per heavy atom. The van der Waals surface area contributed by atoms with E-state index in [-0.39, 0.29) is 5.82 Å². The van der Waals surface area contributed by atoms with Gasteiger partial charge in [0.05, 0.1) is 0 Å². The van der Waals surface area contributed by atoms with Gasteiger partial charge in [0, 0.05) is 17.1 Å². The van der Waals surface area contributed by atoms with Crippen molar-refractivity contribution in [3.05, 3.63) is 34.6 Å². The maximum absolute atomic E-state index is 13.7. The fourth-order valence-electron chi connectivity index (χ4n) is 2.67. The minimum atomic E-state index is -0.190. The molecular weight excluding hydrogens is 263 g/mol. The van der Waals surface area contributed by atoms with Crippen LogP contribution in [0.5, 0.6) is 0 Å². The summed E-state index contributed by atoms with van der Waals surface area (Å²) in [5, 5.41) is 3.67. The van der Waals surface area contributed by atoms with Crippen molar-refractivity contribution in [3.63, 3.8) is 0 Å². The Bertz CT molecular complexity index is 403. The topological polar surface area (TPSA) is 15.3 Å². The third-order valence-electron chi connectivity index (χ3n) is 3.92.